The van der Waals surface area contributed by atoms with Gasteiger partial charge < -0.3 is 10.2 Å². The highest BCUT2D eigenvalue weighted by molar-refractivity contribution is 5.99. The van der Waals surface area contributed by atoms with Crippen LogP contribution in [0.1, 0.15) is 38.2 Å². The summed E-state index contributed by atoms with van der Waals surface area (Å²) in [6.07, 6.45) is 4.59. The minimum absolute atomic E-state index is 0.0314. The highest BCUT2D eigenvalue weighted by atomic mass is 16.2. The number of carbonyl (C=O) groups is 1. The van der Waals surface area contributed by atoms with Crippen molar-refractivity contribution >= 4 is 11.7 Å². The number of hydrogen-bond acceptors (Lipinski definition) is 2. The number of unbranched alkanes of at least 4 members (excludes halogenated alkanes) is 1. The minimum atomic E-state index is 0.0314. The lowest BCUT2D eigenvalue weighted by Gasteiger charge is -2.35. The number of rotatable bonds is 4. The van der Waals surface area contributed by atoms with Gasteiger partial charge in [0, 0.05) is 24.7 Å². The Balaban J connectivity index is 1.44. The zero-order chi connectivity index (χ0) is 18.6. The van der Waals surface area contributed by atoms with Gasteiger partial charge in [-0.25, -0.2) is 4.79 Å². The number of nitrogens with zero attached hydrogens (tertiary/aromatic N) is 2. The van der Waals surface area contributed by atoms with Crippen molar-refractivity contribution in [2.24, 2.45) is 0 Å². The summed E-state index contributed by atoms with van der Waals surface area (Å²) in [5, 5.41) is 3.30. The van der Waals surface area contributed by atoms with Crippen LogP contribution in [-0.4, -0.2) is 36.6 Å². The molecule has 1 saturated heterocycles. The van der Waals surface area contributed by atoms with Crippen LogP contribution in [0.4, 0.5) is 10.5 Å². The number of anilines is 1. The predicted molar refractivity (Wildman–Crippen MR) is 111 cm³/mol. The average molecular weight is 364 g/mol. The van der Waals surface area contributed by atoms with Crippen molar-refractivity contribution in [3.8, 4) is 11.1 Å². The molecule has 2 aliphatic rings. The number of likely N-dealkylation sites (tertiary alicyclic amines) is 1. The highest BCUT2D eigenvalue weighted by Crippen LogP contribution is 2.38. The van der Waals surface area contributed by atoms with E-state index < -0.39 is 0 Å². The van der Waals surface area contributed by atoms with E-state index in [0.29, 0.717) is 6.54 Å². The Kier molecular flexibility index (Phi) is 5.44. The summed E-state index contributed by atoms with van der Waals surface area (Å²) in [6.45, 7) is 6.23. The summed E-state index contributed by atoms with van der Waals surface area (Å²) < 4.78 is 0. The Morgan fingerprint density at radius 1 is 1.04 bits per heavy atom. The monoisotopic (exact) mass is 363 g/mol. The van der Waals surface area contributed by atoms with Gasteiger partial charge in [-0.2, -0.15) is 0 Å². The molecule has 0 atom stereocenters. The molecule has 0 aromatic heterocycles. The van der Waals surface area contributed by atoms with Gasteiger partial charge in [-0.3, -0.25) is 4.90 Å². The second-order valence-electron chi connectivity index (χ2n) is 7.68. The van der Waals surface area contributed by atoms with Gasteiger partial charge in [0.1, 0.15) is 0 Å². The van der Waals surface area contributed by atoms with Crippen LogP contribution in [0, 0.1) is 0 Å². The van der Waals surface area contributed by atoms with Crippen LogP contribution < -0.4 is 10.2 Å². The molecule has 2 aromatic carbocycles. The van der Waals surface area contributed by atoms with Crippen LogP contribution in [-0.2, 0) is 6.54 Å². The summed E-state index contributed by atoms with van der Waals surface area (Å²) in [7, 11) is 0. The highest BCUT2D eigenvalue weighted by Gasteiger charge is 2.28. The number of urea groups is 1. The molecule has 142 valence electrons. The molecular formula is C23H29N3O. The number of fused-ring (bicyclic) bond motifs is 3. The number of piperidine rings is 1. The van der Waals surface area contributed by atoms with E-state index in [-0.39, 0.29) is 12.1 Å². The van der Waals surface area contributed by atoms with Gasteiger partial charge in [-0.15, -0.1) is 0 Å². The molecule has 2 heterocycles. The van der Waals surface area contributed by atoms with Crippen LogP contribution in [0.3, 0.4) is 0 Å². The largest absolute Gasteiger partial charge is 0.335 e. The molecule has 0 saturated carbocycles. The smallest absolute Gasteiger partial charge is 0.322 e. The molecule has 4 rings (SSSR count). The Morgan fingerprint density at radius 3 is 2.52 bits per heavy atom. The number of para-hydroxylation sites is 1. The Bertz CT molecular complexity index is 796. The maximum atomic E-state index is 13.1. The van der Waals surface area contributed by atoms with Gasteiger partial charge in [0.05, 0.1) is 12.2 Å². The molecule has 4 heteroatoms. The topological polar surface area (TPSA) is 35.6 Å². The molecule has 0 spiro atoms. The molecule has 0 bridgehead atoms. The second-order valence-corrected chi connectivity index (χ2v) is 7.68. The summed E-state index contributed by atoms with van der Waals surface area (Å²) in [6, 6.07) is 16.9. The van der Waals surface area contributed by atoms with E-state index in [9.17, 15) is 4.79 Å². The Hall–Kier alpha value is -2.33. The first kappa shape index (κ1) is 18.1. The number of nitrogens with one attached hydrogen (secondary N) is 1. The average Bonchev–Trinajstić information content (AvgIpc) is 2.72. The van der Waals surface area contributed by atoms with Gasteiger partial charge in [0.2, 0.25) is 0 Å². The fourth-order valence-corrected chi connectivity index (χ4v) is 4.23. The van der Waals surface area contributed by atoms with E-state index in [4.69, 9.17) is 0 Å². The third kappa shape index (κ3) is 3.86. The predicted octanol–water partition coefficient (Wildman–Crippen LogP) is 4.65. The van der Waals surface area contributed by atoms with Gasteiger partial charge in [0.25, 0.3) is 0 Å². The van der Waals surface area contributed by atoms with Crippen LogP contribution in [0.2, 0.25) is 0 Å². The van der Waals surface area contributed by atoms with E-state index in [1.165, 1.54) is 30.5 Å². The summed E-state index contributed by atoms with van der Waals surface area (Å²) in [4.78, 5) is 17.5. The Morgan fingerprint density at radius 2 is 1.74 bits per heavy atom. The molecule has 2 aliphatic heterocycles. The number of carbonyl (C=O) groups excluding carboxylic acids is 1. The third-order valence-electron chi connectivity index (χ3n) is 5.82. The molecule has 2 amide bonds. The zero-order valence-electron chi connectivity index (χ0n) is 16.2. The van der Waals surface area contributed by atoms with E-state index in [0.717, 1.165) is 37.2 Å². The first-order valence-corrected chi connectivity index (χ1v) is 10.2. The van der Waals surface area contributed by atoms with Crippen LogP contribution >= 0.6 is 0 Å². The van der Waals surface area contributed by atoms with Crippen molar-refractivity contribution in [2.75, 3.05) is 24.5 Å². The molecule has 2 aromatic rings. The molecule has 0 radical (unpaired) electrons. The molecule has 27 heavy (non-hydrogen) atoms. The van der Waals surface area contributed by atoms with Gasteiger partial charge in [-0.05, 0) is 43.0 Å². The normalized spacial score (nSPS) is 17.3. The van der Waals surface area contributed by atoms with E-state index in [2.05, 4.69) is 53.5 Å². The number of benzene rings is 2. The first-order chi connectivity index (χ1) is 13.3. The minimum Gasteiger partial charge on any atom is -0.335 e. The van der Waals surface area contributed by atoms with E-state index >= 15 is 0 Å². The second kappa shape index (κ2) is 8.13. The van der Waals surface area contributed by atoms with Crippen LogP contribution in [0.5, 0.6) is 0 Å². The summed E-state index contributed by atoms with van der Waals surface area (Å²) in [5.74, 6) is 0. The standard InChI is InChI=1S/C23H29N3O/c1-2-3-14-25-15-12-19(13-16-25)24-23(27)26-17-18-8-4-5-9-20(18)21-10-6-7-11-22(21)26/h4-11,19H,2-3,12-17H2,1H3,(H,24,27). The molecule has 1 N–H and O–H groups in total. The van der Waals surface area contributed by atoms with Crippen LogP contribution in [0.15, 0.2) is 48.5 Å². The number of amides is 2. The molecule has 4 nitrogen and oxygen atoms in total. The van der Waals surface area contributed by atoms with E-state index in [1.807, 2.05) is 17.0 Å². The molecular weight excluding hydrogens is 334 g/mol. The lowest BCUT2D eigenvalue weighted by molar-refractivity contribution is 0.192. The SMILES string of the molecule is CCCCN1CCC(NC(=O)N2Cc3ccccc3-c3ccccc32)CC1. The van der Waals surface area contributed by atoms with Gasteiger partial charge in [-0.1, -0.05) is 55.8 Å². The van der Waals surface area contributed by atoms with Crippen molar-refractivity contribution < 1.29 is 4.79 Å². The van der Waals surface area contributed by atoms with Crippen molar-refractivity contribution in [1.29, 1.82) is 0 Å². The molecule has 0 aliphatic carbocycles. The fraction of sp³-hybridized carbons (Fsp3) is 0.435. The van der Waals surface area contributed by atoms with Gasteiger partial charge >= 0.3 is 6.03 Å². The molecule has 0 unspecified atom stereocenters. The van der Waals surface area contributed by atoms with Crippen molar-refractivity contribution in [1.82, 2.24) is 10.2 Å². The number of hydrogen-bond donors (Lipinski definition) is 1. The lowest BCUT2D eigenvalue weighted by Crippen LogP contribution is -2.49. The summed E-state index contributed by atoms with van der Waals surface area (Å²) in [5.41, 5.74) is 4.60. The Labute approximate surface area is 162 Å². The molecule has 1 fully saturated rings. The summed E-state index contributed by atoms with van der Waals surface area (Å²) >= 11 is 0. The van der Waals surface area contributed by atoms with Crippen molar-refractivity contribution in [3.05, 3.63) is 54.1 Å². The maximum Gasteiger partial charge on any atom is 0.322 e. The van der Waals surface area contributed by atoms with Gasteiger partial charge in [0.15, 0.2) is 0 Å². The zero-order valence-corrected chi connectivity index (χ0v) is 16.2. The maximum absolute atomic E-state index is 13.1. The van der Waals surface area contributed by atoms with E-state index in [1.54, 1.807) is 0 Å². The first-order valence-electron chi connectivity index (χ1n) is 10.2. The van der Waals surface area contributed by atoms with Crippen LogP contribution in [0.25, 0.3) is 11.1 Å². The van der Waals surface area contributed by atoms with Crippen molar-refractivity contribution in [3.63, 3.8) is 0 Å². The quantitative estimate of drug-likeness (QED) is 0.858. The lowest BCUT2D eigenvalue weighted by atomic mass is 9.93. The van der Waals surface area contributed by atoms with Crippen molar-refractivity contribution in [2.45, 2.75) is 45.2 Å². The fourth-order valence-electron chi connectivity index (χ4n) is 4.23. The third-order valence-corrected chi connectivity index (χ3v) is 5.82.